The Morgan fingerprint density at radius 3 is 3.10 bits per heavy atom. The predicted molar refractivity (Wildman–Crippen MR) is 79.8 cm³/mol. The van der Waals surface area contributed by atoms with Crippen LogP contribution < -0.4 is 10.1 Å². The monoisotopic (exact) mass is 342 g/mol. The van der Waals surface area contributed by atoms with E-state index in [-0.39, 0.29) is 12.1 Å². The summed E-state index contributed by atoms with van der Waals surface area (Å²) in [5.41, 5.74) is 0.976. The molecule has 5 nitrogen and oxygen atoms in total. The van der Waals surface area contributed by atoms with Gasteiger partial charge in [-0.1, -0.05) is 15.9 Å². The van der Waals surface area contributed by atoms with Gasteiger partial charge in [0, 0.05) is 30.0 Å². The van der Waals surface area contributed by atoms with E-state index in [9.17, 15) is 9.90 Å². The molecule has 0 aromatic heterocycles. The summed E-state index contributed by atoms with van der Waals surface area (Å²) >= 11 is 3.43. The lowest BCUT2D eigenvalue weighted by Gasteiger charge is -2.29. The number of carbonyl (C=O) groups is 1. The Kier molecular flexibility index (Phi) is 4.88. The molecule has 1 aliphatic rings. The van der Waals surface area contributed by atoms with Crippen LogP contribution in [-0.2, 0) is 0 Å². The van der Waals surface area contributed by atoms with E-state index in [1.54, 1.807) is 14.0 Å². The van der Waals surface area contributed by atoms with Crippen LogP contribution in [0.5, 0.6) is 5.75 Å². The molecular weight excluding hydrogens is 324 g/mol. The maximum absolute atomic E-state index is 12.1. The van der Waals surface area contributed by atoms with Gasteiger partial charge >= 0.3 is 6.03 Å². The molecule has 2 N–H and O–H groups in total. The van der Waals surface area contributed by atoms with Crippen LogP contribution in [0.2, 0.25) is 0 Å². The summed E-state index contributed by atoms with van der Waals surface area (Å²) in [5, 5.41) is 12.3. The molecule has 0 bridgehead atoms. The molecule has 0 saturated carbocycles. The van der Waals surface area contributed by atoms with Crippen LogP contribution in [0.25, 0.3) is 0 Å². The third-order valence-electron chi connectivity index (χ3n) is 3.19. The first-order valence-corrected chi connectivity index (χ1v) is 7.38. The minimum atomic E-state index is -0.540. The van der Waals surface area contributed by atoms with Crippen molar-refractivity contribution in [1.29, 1.82) is 0 Å². The van der Waals surface area contributed by atoms with E-state index >= 15 is 0 Å². The Balaban J connectivity index is 2.08. The number of amides is 2. The zero-order chi connectivity index (χ0) is 14.7. The van der Waals surface area contributed by atoms with E-state index in [1.807, 2.05) is 18.2 Å². The topological polar surface area (TPSA) is 61.8 Å². The molecule has 1 aliphatic heterocycles. The normalized spacial score (nSPS) is 18.7. The van der Waals surface area contributed by atoms with Crippen molar-refractivity contribution in [1.82, 2.24) is 10.2 Å². The summed E-state index contributed by atoms with van der Waals surface area (Å²) in [6.45, 7) is 2.55. The molecule has 1 heterocycles. The second-order valence-corrected chi connectivity index (χ2v) is 5.97. The van der Waals surface area contributed by atoms with E-state index in [2.05, 4.69) is 21.2 Å². The minimum absolute atomic E-state index is 0.0693. The Morgan fingerprint density at radius 2 is 2.40 bits per heavy atom. The molecule has 6 heteroatoms. The van der Waals surface area contributed by atoms with Crippen molar-refractivity contribution >= 4 is 22.0 Å². The number of nitrogens with zero attached hydrogens (tertiary/aromatic N) is 1. The van der Waals surface area contributed by atoms with Gasteiger partial charge in [-0.2, -0.15) is 0 Å². The number of likely N-dealkylation sites (N-methyl/N-ethyl adjacent to an activating group) is 1. The molecule has 0 radical (unpaired) electrons. The number of urea groups is 1. The van der Waals surface area contributed by atoms with Crippen LogP contribution in [0.1, 0.15) is 24.9 Å². The molecule has 0 saturated heterocycles. The quantitative estimate of drug-likeness (QED) is 0.885. The Morgan fingerprint density at radius 1 is 1.65 bits per heavy atom. The fourth-order valence-electron chi connectivity index (χ4n) is 2.25. The first kappa shape index (κ1) is 15.1. The fourth-order valence-corrected chi connectivity index (χ4v) is 2.63. The molecule has 0 aliphatic carbocycles. The second-order valence-electron chi connectivity index (χ2n) is 5.05. The molecule has 2 unspecified atom stereocenters. The molecule has 2 amide bonds. The molecule has 110 valence electrons. The van der Waals surface area contributed by atoms with E-state index in [4.69, 9.17) is 4.74 Å². The van der Waals surface area contributed by atoms with Gasteiger partial charge in [0.2, 0.25) is 0 Å². The number of aliphatic hydroxyl groups excluding tert-OH is 1. The number of aliphatic hydroxyl groups is 1. The third-order valence-corrected chi connectivity index (χ3v) is 3.69. The number of ether oxygens (including phenoxy) is 1. The minimum Gasteiger partial charge on any atom is -0.493 e. The van der Waals surface area contributed by atoms with Crippen molar-refractivity contribution in [2.24, 2.45) is 0 Å². The van der Waals surface area contributed by atoms with Crippen molar-refractivity contribution in [3.63, 3.8) is 0 Å². The highest BCUT2D eigenvalue weighted by atomic mass is 79.9. The van der Waals surface area contributed by atoms with Crippen molar-refractivity contribution in [2.75, 3.05) is 20.2 Å². The first-order valence-electron chi connectivity index (χ1n) is 6.59. The number of hydrogen-bond donors (Lipinski definition) is 2. The Bertz CT molecular complexity index is 493. The van der Waals surface area contributed by atoms with Crippen LogP contribution in [0.15, 0.2) is 22.7 Å². The summed E-state index contributed by atoms with van der Waals surface area (Å²) in [6.07, 6.45) is 0.194. The summed E-state index contributed by atoms with van der Waals surface area (Å²) < 4.78 is 6.55. The zero-order valence-corrected chi connectivity index (χ0v) is 13.2. The molecule has 20 heavy (non-hydrogen) atoms. The van der Waals surface area contributed by atoms with Gasteiger partial charge in [0.05, 0.1) is 18.8 Å². The number of fused-ring (bicyclic) bond motifs is 1. The van der Waals surface area contributed by atoms with Crippen LogP contribution in [0.3, 0.4) is 0 Å². The van der Waals surface area contributed by atoms with E-state index < -0.39 is 6.10 Å². The largest absolute Gasteiger partial charge is 0.493 e. The van der Waals surface area contributed by atoms with Crippen molar-refractivity contribution in [3.8, 4) is 5.75 Å². The average molecular weight is 343 g/mol. The van der Waals surface area contributed by atoms with Gasteiger partial charge in [-0.3, -0.25) is 0 Å². The number of rotatable bonds is 3. The Hall–Kier alpha value is -1.27. The highest BCUT2D eigenvalue weighted by Crippen LogP contribution is 2.34. The molecule has 0 spiro atoms. The number of nitrogens with one attached hydrogen (secondary N) is 1. The molecular formula is C14H19BrN2O3. The standard InChI is InChI=1S/C14H19BrN2O3/c1-9(18)8-17(2)14(19)16-12-5-6-20-13-4-3-10(15)7-11(12)13/h3-4,7,9,12,18H,5-6,8H2,1-2H3,(H,16,19). The van der Waals surface area contributed by atoms with Crippen molar-refractivity contribution in [3.05, 3.63) is 28.2 Å². The average Bonchev–Trinajstić information content (AvgIpc) is 2.38. The second kappa shape index (κ2) is 6.45. The summed E-state index contributed by atoms with van der Waals surface area (Å²) in [7, 11) is 1.67. The summed E-state index contributed by atoms with van der Waals surface area (Å²) in [6, 6.07) is 5.53. The predicted octanol–water partition coefficient (Wildman–Crippen LogP) is 2.29. The maximum atomic E-state index is 12.1. The highest BCUT2D eigenvalue weighted by Gasteiger charge is 2.24. The van der Waals surface area contributed by atoms with Crippen LogP contribution in [-0.4, -0.2) is 42.3 Å². The van der Waals surface area contributed by atoms with Gasteiger partial charge in [0.1, 0.15) is 5.75 Å². The van der Waals surface area contributed by atoms with Crippen molar-refractivity contribution < 1.29 is 14.6 Å². The van der Waals surface area contributed by atoms with E-state index in [1.165, 1.54) is 4.90 Å². The number of carbonyl (C=O) groups excluding carboxylic acids is 1. The highest BCUT2D eigenvalue weighted by molar-refractivity contribution is 9.10. The lowest BCUT2D eigenvalue weighted by atomic mass is 10.0. The van der Waals surface area contributed by atoms with Gasteiger partial charge in [0.15, 0.2) is 0 Å². The van der Waals surface area contributed by atoms with Crippen LogP contribution >= 0.6 is 15.9 Å². The molecule has 0 fully saturated rings. The summed E-state index contributed by atoms with van der Waals surface area (Å²) in [4.78, 5) is 13.6. The van der Waals surface area contributed by atoms with Crippen LogP contribution in [0, 0.1) is 0 Å². The summed E-state index contributed by atoms with van der Waals surface area (Å²) in [5.74, 6) is 0.808. The number of hydrogen-bond acceptors (Lipinski definition) is 3. The molecule has 2 rings (SSSR count). The van der Waals surface area contributed by atoms with Gasteiger partial charge in [-0.25, -0.2) is 4.79 Å². The van der Waals surface area contributed by atoms with Crippen molar-refractivity contribution in [2.45, 2.75) is 25.5 Å². The molecule has 1 aromatic rings. The van der Waals surface area contributed by atoms with Gasteiger partial charge in [-0.15, -0.1) is 0 Å². The van der Waals surface area contributed by atoms with Gasteiger partial charge in [-0.05, 0) is 25.1 Å². The third kappa shape index (κ3) is 3.64. The molecule has 1 aromatic carbocycles. The lowest BCUT2D eigenvalue weighted by Crippen LogP contribution is -2.43. The smallest absolute Gasteiger partial charge is 0.317 e. The number of benzene rings is 1. The first-order chi connectivity index (χ1) is 9.47. The van der Waals surface area contributed by atoms with E-state index in [0.29, 0.717) is 13.2 Å². The van der Waals surface area contributed by atoms with Gasteiger partial charge < -0.3 is 20.1 Å². The Labute approximate surface area is 127 Å². The fraction of sp³-hybridized carbons (Fsp3) is 0.500. The van der Waals surface area contributed by atoms with E-state index in [0.717, 1.165) is 22.2 Å². The lowest BCUT2D eigenvalue weighted by molar-refractivity contribution is 0.140. The van der Waals surface area contributed by atoms with Gasteiger partial charge in [0.25, 0.3) is 0 Å². The SMILES string of the molecule is CC(O)CN(C)C(=O)NC1CCOc2ccc(Br)cc21. The van der Waals surface area contributed by atoms with Crippen LogP contribution in [0.4, 0.5) is 4.79 Å². The number of halogens is 1. The zero-order valence-electron chi connectivity index (χ0n) is 11.6. The maximum Gasteiger partial charge on any atom is 0.317 e. The molecule has 2 atom stereocenters.